The number of aromatic nitrogens is 4. The van der Waals surface area contributed by atoms with Crippen molar-refractivity contribution in [3.05, 3.63) is 54.0 Å². The fourth-order valence-corrected chi connectivity index (χ4v) is 3.47. The second-order valence-corrected chi connectivity index (χ2v) is 7.98. The Labute approximate surface area is 174 Å². The molecule has 0 aromatic carbocycles. The van der Waals surface area contributed by atoms with E-state index in [1.54, 1.807) is 10.7 Å². The minimum Gasteiger partial charge on any atom is -0.367 e. The first-order chi connectivity index (χ1) is 14.5. The molecule has 1 saturated heterocycles. The van der Waals surface area contributed by atoms with E-state index in [9.17, 15) is 4.79 Å². The molecule has 8 heteroatoms. The van der Waals surface area contributed by atoms with Crippen LogP contribution in [0.4, 0.5) is 11.6 Å². The largest absolute Gasteiger partial charge is 0.367 e. The number of pyridine rings is 1. The third kappa shape index (κ3) is 3.41. The summed E-state index contributed by atoms with van der Waals surface area (Å²) in [6.45, 7) is 3.84. The zero-order valence-electron chi connectivity index (χ0n) is 17.0. The van der Waals surface area contributed by atoms with Crippen LogP contribution in [0.2, 0.25) is 0 Å². The second kappa shape index (κ2) is 6.98. The number of nitrogens with zero attached hydrogens (tertiary/aromatic N) is 5. The van der Waals surface area contributed by atoms with E-state index >= 15 is 0 Å². The van der Waals surface area contributed by atoms with E-state index in [4.69, 9.17) is 4.98 Å². The molecule has 0 unspecified atom stereocenters. The summed E-state index contributed by atoms with van der Waals surface area (Å²) in [6.07, 6.45) is 8.24. The minimum atomic E-state index is -0.115. The number of fused-ring (bicyclic) bond motifs is 1. The molecule has 4 heterocycles. The molecule has 152 valence electrons. The number of hydrogen-bond donors (Lipinski definition) is 2. The highest BCUT2D eigenvalue weighted by Gasteiger charge is 2.24. The molecule has 3 aromatic rings. The van der Waals surface area contributed by atoms with E-state index in [2.05, 4.69) is 27.3 Å². The van der Waals surface area contributed by atoms with Crippen LogP contribution in [0.5, 0.6) is 0 Å². The average Bonchev–Trinajstić information content (AvgIpc) is 3.36. The second-order valence-electron chi connectivity index (χ2n) is 7.98. The summed E-state index contributed by atoms with van der Waals surface area (Å²) >= 11 is 0. The molecule has 0 atom stereocenters. The molecule has 8 nitrogen and oxygen atoms in total. The standard InChI is InChI=1S/C22H23N7O/c1-13-8-15(22(30)25-13)9-16-12-24-29-20(26-17-5-6-17)10-18(27-21(16)29)14-4-7-19(23-11-14)28(2)3/h4,7,9-12,17,26H,1,5-6,8H2,2-3H3,(H,25,30)/b15-9+. The van der Waals surface area contributed by atoms with Crippen molar-refractivity contribution in [3.63, 3.8) is 0 Å². The van der Waals surface area contributed by atoms with Gasteiger partial charge in [0.2, 0.25) is 0 Å². The van der Waals surface area contributed by atoms with Crippen molar-refractivity contribution < 1.29 is 4.79 Å². The van der Waals surface area contributed by atoms with Gasteiger partial charge in [0.25, 0.3) is 5.91 Å². The van der Waals surface area contributed by atoms with E-state index in [0.29, 0.717) is 29.4 Å². The molecule has 0 bridgehead atoms. The molecule has 2 fully saturated rings. The third-order valence-corrected chi connectivity index (χ3v) is 5.25. The molecule has 1 aliphatic carbocycles. The predicted octanol–water partition coefficient (Wildman–Crippen LogP) is 2.85. The topological polar surface area (TPSA) is 87.5 Å². The van der Waals surface area contributed by atoms with Gasteiger partial charge in [0.05, 0.1) is 11.9 Å². The summed E-state index contributed by atoms with van der Waals surface area (Å²) in [6, 6.07) is 6.47. The van der Waals surface area contributed by atoms with Gasteiger partial charge < -0.3 is 15.5 Å². The Morgan fingerprint density at radius 3 is 2.77 bits per heavy atom. The van der Waals surface area contributed by atoms with Crippen molar-refractivity contribution >= 4 is 29.3 Å². The lowest BCUT2D eigenvalue weighted by molar-refractivity contribution is -0.115. The zero-order valence-corrected chi connectivity index (χ0v) is 17.0. The molecule has 1 amide bonds. The van der Waals surface area contributed by atoms with E-state index in [0.717, 1.165) is 41.3 Å². The number of rotatable bonds is 5. The first-order valence-corrected chi connectivity index (χ1v) is 9.97. The monoisotopic (exact) mass is 401 g/mol. The Bertz CT molecular complexity index is 1190. The molecule has 2 N–H and O–H groups in total. The molecule has 5 rings (SSSR count). The Balaban J connectivity index is 1.61. The average molecular weight is 401 g/mol. The maximum absolute atomic E-state index is 12.1. The summed E-state index contributed by atoms with van der Waals surface area (Å²) < 4.78 is 1.80. The highest BCUT2D eigenvalue weighted by atomic mass is 16.2. The zero-order chi connectivity index (χ0) is 20.8. The summed E-state index contributed by atoms with van der Waals surface area (Å²) in [5.41, 5.74) is 4.60. The Hall–Kier alpha value is -3.68. The summed E-state index contributed by atoms with van der Waals surface area (Å²) in [5.74, 6) is 1.66. The van der Waals surface area contributed by atoms with Crippen molar-refractivity contribution in [3.8, 4) is 11.3 Å². The van der Waals surface area contributed by atoms with Gasteiger partial charge in [0, 0.05) is 61.2 Å². The third-order valence-electron chi connectivity index (χ3n) is 5.25. The number of amides is 1. The number of allylic oxidation sites excluding steroid dienone is 1. The number of anilines is 2. The van der Waals surface area contributed by atoms with Gasteiger partial charge in [0.15, 0.2) is 5.65 Å². The molecule has 0 spiro atoms. The fourth-order valence-electron chi connectivity index (χ4n) is 3.47. The minimum absolute atomic E-state index is 0.115. The molecule has 1 aliphatic heterocycles. The van der Waals surface area contributed by atoms with Crippen molar-refractivity contribution in [1.82, 2.24) is 24.9 Å². The number of carbonyl (C=O) groups excluding carboxylic acids is 1. The van der Waals surface area contributed by atoms with Crippen molar-refractivity contribution in [2.75, 3.05) is 24.3 Å². The first kappa shape index (κ1) is 18.4. The molecule has 0 radical (unpaired) electrons. The van der Waals surface area contributed by atoms with E-state index in [-0.39, 0.29) is 5.91 Å². The van der Waals surface area contributed by atoms with Crippen LogP contribution in [0.15, 0.2) is 48.4 Å². The van der Waals surface area contributed by atoms with Crippen LogP contribution in [0.3, 0.4) is 0 Å². The van der Waals surface area contributed by atoms with E-state index in [1.807, 2.05) is 49.5 Å². The predicted molar refractivity (Wildman–Crippen MR) is 117 cm³/mol. The first-order valence-electron chi connectivity index (χ1n) is 9.97. The van der Waals surface area contributed by atoms with Gasteiger partial charge >= 0.3 is 0 Å². The maximum atomic E-state index is 12.1. The molecule has 3 aromatic heterocycles. The molecule has 2 aliphatic rings. The maximum Gasteiger partial charge on any atom is 0.251 e. The van der Waals surface area contributed by atoms with E-state index < -0.39 is 0 Å². The van der Waals surface area contributed by atoms with Gasteiger partial charge in [0.1, 0.15) is 11.6 Å². The smallest absolute Gasteiger partial charge is 0.251 e. The Kier molecular flexibility index (Phi) is 4.27. The van der Waals surface area contributed by atoms with Crippen LogP contribution < -0.4 is 15.5 Å². The van der Waals surface area contributed by atoms with Gasteiger partial charge in [-0.2, -0.15) is 9.61 Å². The molecular weight excluding hydrogens is 378 g/mol. The van der Waals surface area contributed by atoms with Crippen LogP contribution in [-0.2, 0) is 4.79 Å². The molecular formula is C22H23N7O. The van der Waals surface area contributed by atoms with Crippen molar-refractivity contribution in [1.29, 1.82) is 0 Å². The van der Waals surface area contributed by atoms with Gasteiger partial charge in [-0.05, 0) is 31.1 Å². The number of hydrogen-bond acceptors (Lipinski definition) is 6. The quantitative estimate of drug-likeness (QED) is 0.640. The number of nitrogens with one attached hydrogen (secondary N) is 2. The summed E-state index contributed by atoms with van der Waals surface area (Å²) in [5, 5.41) is 10.8. The summed E-state index contributed by atoms with van der Waals surface area (Å²) in [7, 11) is 3.92. The van der Waals surface area contributed by atoms with Gasteiger partial charge in [-0.3, -0.25) is 4.79 Å². The van der Waals surface area contributed by atoms with Crippen LogP contribution in [0.1, 0.15) is 24.8 Å². The fraction of sp³-hybridized carbons (Fsp3) is 0.273. The van der Waals surface area contributed by atoms with Crippen molar-refractivity contribution in [2.24, 2.45) is 0 Å². The Morgan fingerprint density at radius 2 is 2.13 bits per heavy atom. The van der Waals surface area contributed by atoms with Gasteiger partial charge in [-0.15, -0.1) is 0 Å². The molecule has 1 saturated carbocycles. The van der Waals surface area contributed by atoms with Gasteiger partial charge in [-0.1, -0.05) is 6.58 Å². The van der Waals surface area contributed by atoms with Crippen LogP contribution in [-0.4, -0.2) is 45.6 Å². The lowest BCUT2D eigenvalue weighted by Gasteiger charge is -2.12. The molecule has 30 heavy (non-hydrogen) atoms. The lowest BCUT2D eigenvalue weighted by Crippen LogP contribution is -2.12. The summed E-state index contributed by atoms with van der Waals surface area (Å²) in [4.78, 5) is 23.5. The van der Waals surface area contributed by atoms with Crippen LogP contribution >= 0.6 is 0 Å². The highest BCUT2D eigenvalue weighted by molar-refractivity contribution is 6.02. The van der Waals surface area contributed by atoms with Crippen LogP contribution in [0, 0.1) is 0 Å². The highest BCUT2D eigenvalue weighted by Crippen LogP contribution is 2.30. The number of carbonyl (C=O) groups is 1. The normalized spacial score (nSPS) is 17.6. The van der Waals surface area contributed by atoms with Crippen LogP contribution in [0.25, 0.3) is 23.0 Å². The van der Waals surface area contributed by atoms with E-state index in [1.165, 1.54) is 0 Å². The SMILES string of the molecule is C=C1C/C(=C\c2cnn3c(NC4CC4)cc(-c4ccc(N(C)C)nc4)nc23)C(=O)N1. The lowest BCUT2D eigenvalue weighted by atomic mass is 10.1. The van der Waals surface area contributed by atoms with Crippen molar-refractivity contribution in [2.45, 2.75) is 25.3 Å². The van der Waals surface area contributed by atoms with Gasteiger partial charge in [-0.25, -0.2) is 9.97 Å². The Morgan fingerprint density at radius 1 is 1.30 bits per heavy atom.